The van der Waals surface area contributed by atoms with Crippen LogP contribution in [0.2, 0.25) is 0 Å². The highest BCUT2D eigenvalue weighted by Crippen LogP contribution is 2.74. The summed E-state index contributed by atoms with van der Waals surface area (Å²) < 4.78 is 0. The van der Waals surface area contributed by atoms with Gasteiger partial charge in [0.2, 0.25) is 11.8 Å². The summed E-state index contributed by atoms with van der Waals surface area (Å²) in [6.45, 7) is 0. The first-order valence-corrected chi connectivity index (χ1v) is 15.1. The van der Waals surface area contributed by atoms with E-state index in [0.29, 0.717) is 22.3 Å². The van der Waals surface area contributed by atoms with Crippen LogP contribution in [0.25, 0.3) is 11.1 Å². The summed E-state index contributed by atoms with van der Waals surface area (Å²) in [5, 5.41) is 11.4. The van der Waals surface area contributed by atoms with Gasteiger partial charge in [-0.25, -0.2) is 4.90 Å². The number of fused-ring (bicyclic) bond motifs is 5. The summed E-state index contributed by atoms with van der Waals surface area (Å²) >= 11 is 0. The molecule has 8 rings (SSSR count). The van der Waals surface area contributed by atoms with Crippen LogP contribution in [0.1, 0.15) is 22.3 Å². The Morgan fingerprint density at radius 1 is 0.522 bits per heavy atom. The van der Waals surface area contributed by atoms with Crippen molar-refractivity contribution in [1.82, 2.24) is 0 Å². The highest BCUT2D eigenvalue weighted by atomic mass is 16.6. The molecule has 222 valence electrons. The van der Waals surface area contributed by atoms with Crippen molar-refractivity contribution in [3.63, 3.8) is 0 Å². The summed E-state index contributed by atoms with van der Waals surface area (Å²) in [5.41, 5.74) is 1.38. The van der Waals surface area contributed by atoms with Crippen LogP contribution in [0.3, 0.4) is 0 Å². The Balaban J connectivity index is 1.52. The minimum absolute atomic E-state index is 0.154. The summed E-state index contributed by atoms with van der Waals surface area (Å²) in [4.78, 5) is 57.7. The maximum atomic E-state index is 15.8. The summed E-state index contributed by atoms with van der Waals surface area (Å²) in [7, 11) is 0. The molecule has 0 unspecified atom stereocenters. The topological polar surface area (TPSA) is 97.6 Å². The van der Waals surface area contributed by atoms with E-state index in [4.69, 9.17) is 0 Å². The molecule has 3 aliphatic rings. The average Bonchev–Trinajstić information content (AvgIpc) is 3.62. The summed E-state index contributed by atoms with van der Waals surface area (Å²) in [5.74, 6) is -3.32. The second kappa shape index (κ2) is 10.0. The molecule has 7 nitrogen and oxygen atoms in total. The number of anilines is 1. The Bertz CT molecular complexity index is 1960. The smallest absolute Gasteiger partial charge is 0.269 e. The van der Waals surface area contributed by atoms with Gasteiger partial charge < -0.3 is 0 Å². The lowest BCUT2D eigenvalue weighted by Crippen LogP contribution is -2.45. The number of imide groups is 1. The number of carbonyl (C=O) groups is 3. The van der Waals surface area contributed by atoms with Crippen molar-refractivity contribution >= 4 is 40.1 Å². The molecule has 2 amide bonds. The predicted octanol–water partition coefficient (Wildman–Crippen LogP) is 6.78. The fourth-order valence-corrected chi connectivity index (χ4v) is 8.31. The zero-order valence-electron chi connectivity index (χ0n) is 24.4. The molecule has 46 heavy (non-hydrogen) atoms. The maximum Gasteiger partial charge on any atom is 0.269 e. The van der Waals surface area contributed by atoms with E-state index in [1.165, 1.54) is 24.3 Å². The number of hydrogen-bond donors (Lipinski definition) is 0. The molecule has 1 saturated heterocycles. The molecule has 7 heteroatoms. The van der Waals surface area contributed by atoms with E-state index in [1.54, 1.807) is 0 Å². The van der Waals surface area contributed by atoms with Crippen LogP contribution < -0.4 is 4.90 Å². The summed E-state index contributed by atoms with van der Waals surface area (Å²) in [6, 6.07) is 43.4. The number of non-ortho nitro benzene ring substituents is 1. The number of nitro groups is 1. The van der Waals surface area contributed by atoms with Gasteiger partial charge in [-0.3, -0.25) is 24.5 Å². The molecule has 0 spiro atoms. The van der Waals surface area contributed by atoms with Gasteiger partial charge in [-0.05, 0) is 45.5 Å². The Kier molecular flexibility index (Phi) is 6.02. The molecule has 5 aromatic carbocycles. The highest BCUT2D eigenvalue weighted by molar-refractivity contribution is 6.39. The van der Waals surface area contributed by atoms with Gasteiger partial charge in [0.1, 0.15) is 0 Å². The zero-order chi connectivity index (χ0) is 31.6. The second-order valence-electron chi connectivity index (χ2n) is 11.9. The molecular formula is C39H26N2O5. The van der Waals surface area contributed by atoms with E-state index in [0.717, 1.165) is 16.0 Å². The molecule has 0 aromatic heterocycles. The molecule has 2 fully saturated rings. The molecule has 0 radical (unpaired) electrons. The Morgan fingerprint density at radius 2 is 0.891 bits per heavy atom. The number of ketones is 1. The van der Waals surface area contributed by atoms with E-state index >= 15 is 4.79 Å². The molecule has 5 aromatic rings. The predicted molar refractivity (Wildman–Crippen MR) is 174 cm³/mol. The van der Waals surface area contributed by atoms with Gasteiger partial charge in [-0.15, -0.1) is 0 Å². The first-order chi connectivity index (χ1) is 22.4. The first-order valence-electron chi connectivity index (χ1n) is 15.1. The van der Waals surface area contributed by atoms with Gasteiger partial charge in [0, 0.05) is 12.1 Å². The van der Waals surface area contributed by atoms with Gasteiger partial charge in [-0.2, -0.15) is 0 Å². The number of allylic oxidation sites excluding steroid dienone is 2. The maximum absolute atomic E-state index is 15.8. The molecule has 2 bridgehead atoms. The number of carbonyl (C=O) groups excluding carboxylic acids is 3. The van der Waals surface area contributed by atoms with Crippen molar-refractivity contribution < 1.29 is 19.3 Å². The third kappa shape index (κ3) is 3.39. The Labute approximate surface area is 264 Å². The molecule has 1 heterocycles. The minimum Gasteiger partial charge on any atom is -0.297 e. The standard InChI is InChI=1S/C39H26N2O5/c42-35-33-34(36(43)40(35)29-21-23-30(24-22-29)41(45)46)39(28-19-11-4-12-20-28)32(26-15-7-2-8-16-26)31(25-13-5-1-6-14-25)38(33,37(39)44)27-17-9-3-10-18-27/h1-24,33-34H/t33-,34+,38-,39-/m0/s1. The van der Waals surface area contributed by atoms with E-state index in [-0.39, 0.29) is 17.2 Å². The lowest BCUT2D eigenvalue weighted by Gasteiger charge is -2.39. The molecule has 1 aliphatic heterocycles. The fraction of sp³-hybridized carbons (Fsp3) is 0.103. The molecule has 0 N–H and O–H groups in total. The summed E-state index contributed by atoms with van der Waals surface area (Å²) in [6.07, 6.45) is 0. The lowest BCUT2D eigenvalue weighted by atomic mass is 9.59. The molecule has 4 atom stereocenters. The number of rotatable bonds is 6. The minimum atomic E-state index is -1.50. The van der Waals surface area contributed by atoms with E-state index in [1.807, 2.05) is 121 Å². The average molecular weight is 603 g/mol. The fourth-order valence-electron chi connectivity index (χ4n) is 8.31. The van der Waals surface area contributed by atoms with Crippen LogP contribution in [-0.4, -0.2) is 22.5 Å². The van der Waals surface area contributed by atoms with E-state index in [2.05, 4.69) is 0 Å². The molecular weight excluding hydrogens is 576 g/mol. The molecule has 1 saturated carbocycles. The van der Waals surface area contributed by atoms with Crippen molar-refractivity contribution in [2.45, 2.75) is 10.8 Å². The van der Waals surface area contributed by atoms with Crippen LogP contribution in [0.5, 0.6) is 0 Å². The van der Waals surface area contributed by atoms with E-state index in [9.17, 15) is 19.7 Å². The second-order valence-corrected chi connectivity index (χ2v) is 11.9. The van der Waals surface area contributed by atoms with E-state index < -0.39 is 39.4 Å². The van der Waals surface area contributed by atoms with Gasteiger partial charge in [0.05, 0.1) is 33.3 Å². The van der Waals surface area contributed by atoms with Crippen molar-refractivity contribution in [3.05, 3.63) is 178 Å². The largest absolute Gasteiger partial charge is 0.297 e. The van der Waals surface area contributed by atoms with Crippen LogP contribution in [0.4, 0.5) is 11.4 Å². The number of Topliss-reactive ketones (excluding diaryl/α,β-unsaturated/α-hetero) is 1. The van der Waals surface area contributed by atoms with Crippen molar-refractivity contribution in [2.24, 2.45) is 11.8 Å². The van der Waals surface area contributed by atoms with Crippen molar-refractivity contribution in [1.29, 1.82) is 0 Å². The molecule has 2 aliphatic carbocycles. The number of benzene rings is 5. The monoisotopic (exact) mass is 602 g/mol. The van der Waals surface area contributed by atoms with Gasteiger partial charge in [0.25, 0.3) is 5.69 Å². The van der Waals surface area contributed by atoms with Gasteiger partial charge in [0.15, 0.2) is 5.78 Å². The van der Waals surface area contributed by atoms with Crippen LogP contribution in [0.15, 0.2) is 146 Å². The third-order valence-corrected chi connectivity index (χ3v) is 9.90. The van der Waals surface area contributed by atoms with Crippen LogP contribution in [-0.2, 0) is 25.2 Å². The van der Waals surface area contributed by atoms with Gasteiger partial charge in [-0.1, -0.05) is 121 Å². The van der Waals surface area contributed by atoms with Crippen molar-refractivity contribution in [2.75, 3.05) is 4.90 Å². The van der Waals surface area contributed by atoms with Gasteiger partial charge >= 0.3 is 0 Å². The SMILES string of the molecule is O=C1[C@@H]2[C@H](C(=O)N1c1ccc([N+](=O)[O-])cc1)[C@@]1(c3ccccc3)C(=O)[C@@]2(c2ccccc2)C(c2ccccc2)=C1c1ccccc1. The third-order valence-electron chi connectivity index (χ3n) is 9.90. The lowest BCUT2D eigenvalue weighted by molar-refractivity contribution is -0.384. The number of nitro benzene ring substituents is 1. The quantitative estimate of drug-likeness (QED) is 0.121. The normalized spacial score (nSPS) is 24.9. The Hall–Kier alpha value is -5.95. The van der Waals surface area contributed by atoms with Crippen LogP contribution in [0, 0.1) is 22.0 Å². The number of amides is 2. The van der Waals surface area contributed by atoms with Crippen molar-refractivity contribution in [3.8, 4) is 0 Å². The number of hydrogen-bond acceptors (Lipinski definition) is 5. The first kappa shape index (κ1) is 27.6. The highest BCUT2D eigenvalue weighted by Gasteiger charge is 2.82. The zero-order valence-corrected chi connectivity index (χ0v) is 24.4. The Morgan fingerprint density at radius 3 is 1.26 bits per heavy atom. The number of nitrogens with zero attached hydrogens (tertiary/aromatic N) is 2. The van der Waals surface area contributed by atoms with Crippen LogP contribution >= 0.6 is 0 Å².